The van der Waals surface area contributed by atoms with Crippen molar-refractivity contribution in [1.82, 2.24) is 30.7 Å². The summed E-state index contributed by atoms with van der Waals surface area (Å²) in [7, 11) is 0. The number of carbonyl (C=O) groups excluding carboxylic acids is 1. The first kappa shape index (κ1) is 24.6. The third-order valence-corrected chi connectivity index (χ3v) is 6.39. The highest BCUT2D eigenvalue weighted by atomic mass is 32.1. The summed E-state index contributed by atoms with van der Waals surface area (Å²) >= 11 is 1.03. The number of hydrogen-bond acceptors (Lipinski definition) is 7. The van der Waals surface area contributed by atoms with Gasteiger partial charge in [0.05, 0.1) is 29.7 Å². The molecule has 9 nitrogen and oxygen atoms in total. The van der Waals surface area contributed by atoms with Crippen molar-refractivity contribution in [1.29, 1.82) is 0 Å². The van der Waals surface area contributed by atoms with Crippen LogP contribution in [-0.4, -0.2) is 49.5 Å². The molecule has 0 unspecified atom stereocenters. The third-order valence-electron chi connectivity index (χ3n) is 5.52. The quantitative estimate of drug-likeness (QED) is 0.190. The number of carbonyl (C=O) groups is 1. The van der Waals surface area contributed by atoms with Gasteiger partial charge in [0.15, 0.2) is 5.69 Å². The van der Waals surface area contributed by atoms with Crippen LogP contribution in [0.25, 0.3) is 32.7 Å². The number of halogens is 3. The molecule has 0 saturated carbocycles. The number of thiazole rings is 1. The number of aromatic nitrogens is 5. The Kier molecular flexibility index (Phi) is 6.74. The van der Waals surface area contributed by atoms with Gasteiger partial charge in [0.1, 0.15) is 10.7 Å². The highest BCUT2D eigenvalue weighted by Crippen LogP contribution is 2.34. The first-order chi connectivity index (χ1) is 17.8. The average molecular weight is 528 g/mol. The number of H-pyrrole nitrogens is 2. The SMILES string of the molecule is O=C(Nc1cc2[nH]ncc2cc1-c1cccc(CNCCO)c1)c1csc(-c2cc(C(F)(F)F)n[nH]2)n1. The van der Waals surface area contributed by atoms with Crippen molar-refractivity contribution in [2.45, 2.75) is 12.7 Å². The number of nitrogens with one attached hydrogen (secondary N) is 4. The van der Waals surface area contributed by atoms with Gasteiger partial charge in [-0.25, -0.2) is 4.98 Å². The Bertz CT molecular complexity index is 1560. The van der Waals surface area contributed by atoms with E-state index < -0.39 is 17.8 Å². The standard InChI is InChI=1S/C24H20F3N7O2S/c25-24(26,27)21-9-19(33-34-21)23-31-20(12-37-23)22(36)30-18-8-17-15(11-29-32-17)7-16(18)14-3-1-2-13(6-14)10-28-4-5-35/h1-3,6-9,11-12,28,35H,4-5,10H2,(H,29,32)(H,30,36)(H,33,34). The minimum absolute atomic E-state index is 0.0369. The second kappa shape index (κ2) is 10.1. The number of benzene rings is 2. The molecule has 0 aliphatic rings. The van der Waals surface area contributed by atoms with Gasteiger partial charge >= 0.3 is 6.18 Å². The van der Waals surface area contributed by atoms with E-state index in [9.17, 15) is 18.0 Å². The largest absolute Gasteiger partial charge is 0.435 e. The van der Waals surface area contributed by atoms with E-state index in [1.165, 1.54) is 5.38 Å². The maximum Gasteiger partial charge on any atom is 0.435 e. The molecular formula is C24H20F3N7O2S. The molecule has 0 fully saturated rings. The lowest BCUT2D eigenvalue weighted by Gasteiger charge is -2.13. The van der Waals surface area contributed by atoms with Crippen LogP contribution in [0.3, 0.4) is 0 Å². The number of aromatic amines is 2. The summed E-state index contributed by atoms with van der Waals surface area (Å²) in [6.07, 6.45) is -2.90. The molecule has 0 aliphatic heterocycles. The molecule has 5 rings (SSSR count). The lowest BCUT2D eigenvalue weighted by molar-refractivity contribution is -0.141. The highest BCUT2D eigenvalue weighted by molar-refractivity contribution is 7.13. The number of alkyl halides is 3. The van der Waals surface area contributed by atoms with Crippen LogP contribution in [0.5, 0.6) is 0 Å². The van der Waals surface area contributed by atoms with Gasteiger partial charge in [-0.1, -0.05) is 18.2 Å². The summed E-state index contributed by atoms with van der Waals surface area (Å²) in [4.78, 5) is 17.3. The van der Waals surface area contributed by atoms with Gasteiger partial charge in [-0.15, -0.1) is 11.3 Å². The predicted molar refractivity (Wildman–Crippen MR) is 133 cm³/mol. The zero-order chi connectivity index (χ0) is 26.0. The van der Waals surface area contributed by atoms with E-state index >= 15 is 0 Å². The van der Waals surface area contributed by atoms with Crippen molar-refractivity contribution in [2.75, 3.05) is 18.5 Å². The highest BCUT2D eigenvalue weighted by Gasteiger charge is 2.34. The second-order valence-corrected chi connectivity index (χ2v) is 8.97. The van der Waals surface area contributed by atoms with Gasteiger partial charge in [0.2, 0.25) is 0 Å². The fraction of sp³-hybridized carbons (Fsp3) is 0.167. The zero-order valence-corrected chi connectivity index (χ0v) is 19.9. The zero-order valence-electron chi connectivity index (χ0n) is 19.1. The Labute approximate surface area is 211 Å². The maximum absolute atomic E-state index is 13.1. The molecule has 0 spiro atoms. The first-order valence-corrected chi connectivity index (χ1v) is 12.0. The van der Waals surface area contributed by atoms with Crippen LogP contribution in [0.2, 0.25) is 0 Å². The summed E-state index contributed by atoms with van der Waals surface area (Å²) in [5.74, 6) is -0.515. The van der Waals surface area contributed by atoms with Crippen LogP contribution in [-0.2, 0) is 12.7 Å². The van der Waals surface area contributed by atoms with E-state index in [0.29, 0.717) is 18.8 Å². The number of amides is 1. The van der Waals surface area contributed by atoms with Crippen molar-refractivity contribution >= 4 is 33.8 Å². The number of aliphatic hydroxyl groups is 1. The van der Waals surface area contributed by atoms with Gasteiger partial charge in [0.25, 0.3) is 5.91 Å². The number of rotatable bonds is 8. The van der Waals surface area contributed by atoms with Gasteiger partial charge < -0.3 is 15.7 Å². The number of aliphatic hydroxyl groups excluding tert-OH is 1. The fourth-order valence-electron chi connectivity index (χ4n) is 3.76. The molecular weight excluding hydrogens is 507 g/mol. The number of fused-ring (bicyclic) bond motifs is 1. The molecule has 1 amide bonds. The molecule has 190 valence electrons. The molecule has 2 aromatic carbocycles. The molecule has 37 heavy (non-hydrogen) atoms. The van der Waals surface area contributed by atoms with Crippen LogP contribution in [0.1, 0.15) is 21.7 Å². The lowest BCUT2D eigenvalue weighted by Crippen LogP contribution is -2.17. The van der Waals surface area contributed by atoms with Gasteiger partial charge in [-0.05, 0) is 35.4 Å². The summed E-state index contributed by atoms with van der Waals surface area (Å²) in [5.41, 5.74) is 2.91. The molecule has 5 aromatic rings. The minimum atomic E-state index is -4.58. The molecule has 3 heterocycles. The van der Waals surface area contributed by atoms with E-state index in [-0.39, 0.29) is 23.0 Å². The van der Waals surface area contributed by atoms with E-state index in [4.69, 9.17) is 5.11 Å². The summed E-state index contributed by atoms with van der Waals surface area (Å²) in [5, 5.41) is 30.1. The van der Waals surface area contributed by atoms with Crippen LogP contribution in [0, 0.1) is 0 Å². The molecule has 0 radical (unpaired) electrons. The Hall–Kier alpha value is -4.07. The van der Waals surface area contributed by atoms with Gasteiger partial charge in [-0.2, -0.15) is 23.4 Å². The van der Waals surface area contributed by atoms with Crippen LogP contribution >= 0.6 is 11.3 Å². The molecule has 0 aliphatic carbocycles. The lowest BCUT2D eigenvalue weighted by atomic mass is 9.99. The monoisotopic (exact) mass is 527 g/mol. The Morgan fingerprint density at radius 2 is 2.00 bits per heavy atom. The van der Waals surface area contributed by atoms with Crippen LogP contribution < -0.4 is 10.6 Å². The Balaban J connectivity index is 1.43. The predicted octanol–water partition coefficient (Wildman–Crippen LogP) is 4.43. The van der Waals surface area contributed by atoms with E-state index in [0.717, 1.165) is 45.0 Å². The Morgan fingerprint density at radius 1 is 1.14 bits per heavy atom. The molecule has 0 atom stereocenters. The van der Waals surface area contributed by atoms with E-state index in [1.54, 1.807) is 12.3 Å². The van der Waals surface area contributed by atoms with Crippen molar-refractivity contribution in [3.63, 3.8) is 0 Å². The number of hydrogen-bond donors (Lipinski definition) is 5. The van der Waals surface area contributed by atoms with E-state index in [2.05, 4.69) is 36.0 Å². The average Bonchev–Trinajstić information content (AvgIpc) is 3.64. The molecule has 5 N–H and O–H groups in total. The third kappa shape index (κ3) is 5.38. The second-order valence-electron chi connectivity index (χ2n) is 8.11. The molecule has 0 saturated heterocycles. The van der Waals surface area contributed by atoms with Crippen molar-refractivity contribution in [3.8, 4) is 21.8 Å². The van der Waals surface area contributed by atoms with E-state index in [1.807, 2.05) is 30.3 Å². The summed E-state index contributed by atoms with van der Waals surface area (Å²) in [6, 6.07) is 12.3. The van der Waals surface area contributed by atoms with Gasteiger partial charge in [-0.3, -0.25) is 15.0 Å². The molecule has 3 aromatic heterocycles. The topological polar surface area (TPSA) is 132 Å². The molecule has 13 heteroatoms. The fourth-order valence-corrected chi connectivity index (χ4v) is 4.52. The Morgan fingerprint density at radius 3 is 2.78 bits per heavy atom. The van der Waals surface area contributed by atoms with Crippen molar-refractivity contribution in [3.05, 3.63) is 71.0 Å². The minimum Gasteiger partial charge on any atom is -0.395 e. The number of anilines is 1. The van der Waals surface area contributed by atoms with Crippen molar-refractivity contribution < 1.29 is 23.1 Å². The van der Waals surface area contributed by atoms with Gasteiger partial charge in [0, 0.05) is 29.4 Å². The number of nitrogens with zero attached hydrogens (tertiary/aromatic N) is 3. The van der Waals surface area contributed by atoms with Crippen molar-refractivity contribution in [2.24, 2.45) is 0 Å². The molecule has 0 bridgehead atoms. The smallest absolute Gasteiger partial charge is 0.395 e. The summed E-state index contributed by atoms with van der Waals surface area (Å²) < 4.78 is 38.6. The van der Waals surface area contributed by atoms with Crippen LogP contribution in [0.4, 0.5) is 18.9 Å². The maximum atomic E-state index is 13.1. The summed E-state index contributed by atoms with van der Waals surface area (Å²) in [6.45, 7) is 1.07. The first-order valence-electron chi connectivity index (χ1n) is 11.1. The normalized spacial score (nSPS) is 11.8. The van der Waals surface area contributed by atoms with Crippen LogP contribution in [0.15, 0.2) is 54.0 Å².